The van der Waals surface area contributed by atoms with E-state index in [4.69, 9.17) is 5.53 Å². The molecular weight excluding hydrogens is 415 g/mol. The quantitative estimate of drug-likeness (QED) is 0.265. The number of halogens is 5. The van der Waals surface area contributed by atoms with Gasteiger partial charge >= 0.3 is 12.3 Å². The number of nitrogens with zero attached hydrogens (tertiary/aromatic N) is 6. The van der Waals surface area contributed by atoms with Crippen molar-refractivity contribution in [2.24, 2.45) is 5.11 Å². The SMILES string of the molecule is [N-]=[N+]=NC(O)c1ccc(-c2ncn(-c3ccc(OC(F)(F)C(F)(F)F)cc3)n2)cc1. The first kappa shape index (κ1) is 21.0. The topological polar surface area (TPSA) is 109 Å². The lowest BCUT2D eigenvalue weighted by Gasteiger charge is -2.20. The molecule has 1 N–H and O–H groups in total. The van der Waals surface area contributed by atoms with E-state index in [9.17, 15) is 27.1 Å². The molecule has 0 aliphatic carbocycles. The molecule has 156 valence electrons. The summed E-state index contributed by atoms with van der Waals surface area (Å²) >= 11 is 0. The third-order valence-corrected chi connectivity index (χ3v) is 3.80. The Bertz CT molecular complexity index is 1060. The first-order valence-electron chi connectivity index (χ1n) is 8.09. The molecule has 0 amide bonds. The lowest BCUT2D eigenvalue weighted by Crippen LogP contribution is -2.41. The number of azide groups is 1. The van der Waals surface area contributed by atoms with Crippen LogP contribution in [0.2, 0.25) is 0 Å². The molecule has 0 aliphatic heterocycles. The summed E-state index contributed by atoms with van der Waals surface area (Å²) in [4.78, 5) is 6.60. The minimum atomic E-state index is -5.83. The van der Waals surface area contributed by atoms with E-state index in [1.165, 1.54) is 35.3 Å². The molecule has 0 saturated heterocycles. The number of hydrogen-bond donors (Lipinski definition) is 1. The zero-order chi connectivity index (χ0) is 21.9. The van der Waals surface area contributed by atoms with E-state index in [1.54, 1.807) is 12.1 Å². The van der Waals surface area contributed by atoms with Gasteiger partial charge in [-0.1, -0.05) is 29.4 Å². The molecule has 0 bridgehead atoms. The van der Waals surface area contributed by atoms with Gasteiger partial charge in [0.1, 0.15) is 12.1 Å². The Labute approximate surface area is 164 Å². The first-order valence-corrected chi connectivity index (χ1v) is 8.09. The highest BCUT2D eigenvalue weighted by molar-refractivity contribution is 5.55. The van der Waals surface area contributed by atoms with Crippen LogP contribution in [0.25, 0.3) is 27.5 Å². The van der Waals surface area contributed by atoms with Crippen LogP contribution in [0.15, 0.2) is 60.0 Å². The molecule has 1 atom stereocenters. The van der Waals surface area contributed by atoms with Gasteiger partial charge in [-0.25, -0.2) is 9.67 Å². The Morgan fingerprint density at radius 3 is 2.23 bits per heavy atom. The van der Waals surface area contributed by atoms with E-state index in [2.05, 4.69) is 24.8 Å². The zero-order valence-corrected chi connectivity index (χ0v) is 14.7. The Balaban J connectivity index is 1.75. The van der Waals surface area contributed by atoms with E-state index in [-0.39, 0.29) is 5.82 Å². The van der Waals surface area contributed by atoms with Crippen LogP contribution in [0.3, 0.4) is 0 Å². The Kier molecular flexibility index (Phi) is 5.58. The molecule has 0 fully saturated rings. The van der Waals surface area contributed by atoms with Crippen molar-refractivity contribution in [3.63, 3.8) is 0 Å². The standard InChI is InChI=1S/C17H11F5N6O2/c18-16(19,20)17(21,22)30-13-7-5-12(6-8-13)28-9-24-14(26-28)10-1-3-11(4-2-10)15(29)25-27-23/h1-9,15,29H. The summed E-state index contributed by atoms with van der Waals surface area (Å²) in [6.45, 7) is 0. The summed E-state index contributed by atoms with van der Waals surface area (Å²) in [5.41, 5.74) is 9.60. The maximum atomic E-state index is 12.9. The van der Waals surface area contributed by atoms with Crippen LogP contribution < -0.4 is 4.74 Å². The van der Waals surface area contributed by atoms with Gasteiger partial charge in [0.05, 0.1) is 5.69 Å². The Morgan fingerprint density at radius 1 is 1.03 bits per heavy atom. The van der Waals surface area contributed by atoms with E-state index < -0.39 is 24.3 Å². The monoisotopic (exact) mass is 426 g/mol. The average Bonchev–Trinajstić information content (AvgIpc) is 3.18. The highest BCUT2D eigenvalue weighted by Gasteiger charge is 2.61. The lowest BCUT2D eigenvalue weighted by atomic mass is 10.1. The van der Waals surface area contributed by atoms with Crippen LogP contribution in [-0.2, 0) is 0 Å². The minimum Gasteiger partial charge on any atom is -0.426 e. The number of alkyl halides is 5. The van der Waals surface area contributed by atoms with Gasteiger partial charge in [0.25, 0.3) is 0 Å². The summed E-state index contributed by atoms with van der Waals surface area (Å²) in [5, 5.41) is 17.0. The van der Waals surface area contributed by atoms with Gasteiger partial charge in [-0.2, -0.15) is 22.0 Å². The summed E-state index contributed by atoms with van der Waals surface area (Å²) in [5.74, 6) is -0.389. The van der Waals surface area contributed by atoms with Crippen molar-refractivity contribution in [1.29, 1.82) is 0 Å². The number of benzene rings is 2. The van der Waals surface area contributed by atoms with Crippen LogP contribution >= 0.6 is 0 Å². The van der Waals surface area contributed by atoms with Crippen LogP contribution in [0.5, 0.6) is 5.75 Å². The lowest BCUT2D eigenvalue weighted by molar-refractivity contribution is -0.360. The molecule has 0 aliphatic rings. The molecule has 0 radical (unpaired) electrons. The van der Waals surface area contributed by atoms with E-state index in [0.29, 0.717) is 16.8 Å². The summed E-state index contributed by atoms with van der Waals surface area (Å²) in [7, 11) is 0. The van der Waals surface area contributed by atoms with Crippen LogP contribution in [0, 0.1) is 0 Å². The van der Waals surface area contributed by atoms with Crippen molar-refractivity contribution >= 4 is 0 Å². The number of ether oxygens (including phenoxy) is 1. The molecule has 1 heterocycles. The molecule has 3 rings (SSSR count). The molecular formula is C17H11F5N6O2. The van der Waals surface area contributed by atoms with Crippen molar-refractivity contribution in [3.05, 3.63) is 70.9 Å². The Morgan fingerprint density at radius 2 is 1.67 bits per heavy atom. The highest BCUT2D eigenvalue weighted by Crippen LogP contribution is 2.37. The highest BCUT2D eigenvalue weighted by atomic mass is 19.4. The second kappa shape index (κ2) is 7.97. The predicted octanol–water partition coefficient (Wildman–Crippen LogP) is 4.77. The fourth-order valence-electron chi connectivity index (χ4n) is 2.31. The molecule has 0 spiro atoms. The van der Waals surface area contributed by atoms with Crippen molar-refractivity contribution in [2.45, 2.75) is 18.5 Å². The normalized spacial score (nSPS) is 12.9. The summed E-state index contributed by atoms with van der Waals surface area (Å²) in [6.07, 6.45) is -11.2. The number of rotatable bonds is 6. The van der Waals surface area contributed by atoms with E-state index in [0.717, 1.165) is 12.1 Å². The molecule has 1 unspecified atom stereocenters. The summed E-state index contributed by atoms with van der Waals surface area (Å²) in [6, 6.07) is 10.6. The molecule has 1 aromatic heterocycles. The minimum absolute atomic E-state index is 0.281. The molecule has 0 saturated carbocycles. The predicted molar refractivity (Wildman–Crippen MR) is 92.5 cm³/mol. The smallest absolute Gasteiger partial charge is 0.426 e. The van der Waals surface area contributed by atoms with Crippen molar-refractivity contribution in [1.82, 2.24) is 14.8 Å². The van der Waals surface area contributed by atoms with Gasteiger partial charge in [0.15, 0.2) is 12.1 Å². The third-order valence-electron chi connectivity index (χ3n) is 3.80. The molecule has 30 heavy (non-hydrogen) atoms. The van der Waals surface area contributed by atoms with Crippen LogP contribution in [-0.4, -0.2) is 32.2 Å². The maximum absolute atomic E-state index is 12.9. The fourth-order valence-corrected chi connectivity index (χ4v) is 2.31. The Hall–Kier alpha value is -3.70. The summed E-state index contributed by atoms with van der Waals surface area (Å²) < 4.78 is 67.5. The van der Waals surface area contributed by atoms with Gasteiger partial charge in [-0.05, 0) is 35.4 Å². The van der Waals surface area contributed by atoms with Gasteiger partial charge in [0, 0.05) is 10.5 Å². The van der Waals surface area contributed by atoms with E-state index in [1.807, 2.05) is 0 Å². The zero-order valence-electron chi connectivity index (χ0n) is 14.7. The van der Waals surface area contributed by atoms with Gasteiger partial charge in [-0.3, -0.25) is 0 Å². The molecule has 2 aromatic carbocycles. The molecule has 13 heteroatoms. The van der Waals surface area contributed by atoms with Crippen LogP contribution in [0.1, 0.15) is 11.8 Å². The maximum Gasteiger partial charge on any atom is 0.499 e. The number of hydrogen-bond acceptors (Lipinski definition) is 5. The second-order valence-electron chi connectivity index (χ2n) is 5.82. The largest absolute Gasteiger partial charge is 0.499 e. The number of aromatic nitrogens is 3. The number of aliphatic hydroxyl groups is 1. The van der Waals surface area contributed by atoms with Gasteiger partial charge in [0.2, 0.25) is 0 Å². The number of aliphatic hydroxyl groups excluding tert-OH is 1. The third kappa shape index (κ3) is 4.47. The van der Waals surface area contributed by atoms with Crippen molar-refractivity contribution < 1.29 is 31.8 Å². The van der Waals surface area contributed by atoms with Crippen LogP contribution in [0.4, 0.5) is 22.0 Å². The fraction of sp³-hybridized carbons (Fsp3) is 0.176. The van der Waals surface area contributed by atoms with Crippen molar-refractivity contribution in [2.75, 3.05) is 0 Å². The second-order valence-corrected chi connectivity index (χ2v) is 5.82. The van der Waals surface area contributed by atoms with Gasteiger partial charge in [-0.15, -0.1) is 5.10 Å². The van der Waals surface area contributed by atoms with E-state index >= 15 is 0 Å². The molecule has 8 nitrogen and oxygen atoms in total. The van der Waals surface area contributed by atoms with Crippen molar-refractivity contribution in [3.8, 4) is 22.8 Å². The average molecular weight is 426 g/mol. The van der Waals surface area contributed by atoms with Gasteiger partial charge < -0.3 is 9.84 Å². The molecule has 3 aromatic rings. The first-order chi connectivity index (χ1) is 14.1.